The minimum absolute atomic E-state index is 0.166. The third-order valence-corrected chi connectivity index (χ3v) is 8.42. The van der Waals surface area contributed by atoms with Crippen LogP contribution in [0, 0.1) is 5.92 Å². The molecule has 168 valence electrons. The number of nitrogens with zero attached hydrogens (tertiary/aromatic N) is 3. The van der Waals surface area contributed by atoms with Gasteiger partial charge in [0.15, 0.2) is 0 Å². The van der Waals surface area contributed by atoms with Gasteiger partial charge in [0.2, 0.25) is 5.13 Å². The summed E-state index contributed by atoms with van der Waals surface area (Å²) in [6.45, 7) is 3.91. The summed E-state index contributed by atoms with van der Waals surface area (Å²) < 4.78 is 37.9. The zero-order valence-electron chi connectivity index (χ0n) is 17.8. The van der Waals surface area contributed by atoms with Crippen LogP contribution in [0.25, 0.3) is 0 Å². The Hall–Kier alpha value is -2.49. The summed E-state index contributed by atoms with van der Waals surface area (Å²) in [4.78, 5) is 6.66. The van der Waals surface area contributed by atoms with E-state index in [4.69, 9.17) is 4.74 Å². The molecular formula is C23H26N4O3S2. The van der Waals surface area contributed by atoms with Crippen LogP contribution in [0.5, 0.6) is 5.75 Å². The molecule has 1 aromatic heterocycles. The van der Waals surface area contributed by atoms with Crippen molar-refractivity contribution in [2.45, 2.75) is 43.2 Å². The fraction of sp³-hybridized carbons (Fsp3) is 0.391. The molecule has 9 heteroatoms. The predicted octanol–water partition coefficient (Wildman–Crippen LogP) is 4.64. The molecule has 0 radical (unpaired) electrons. The largest absolute Gasteiger partial charge is 0.493 e. The third kappa shape index (κ3) is 4.24. The van der Waals surface area contributed by atoms with Crippen LogP contribution in [0.4, 0.5) is 5.13 Å². The molecule has 2 aromatic carbocycles. The number of nitrogens with one attached hydrogen (secondary N) is 1. The average Bonchev–Trinajstić information content (AvgIpc) is 3.31. The lowest BCUT2D eigenvalue weighted by atomic mass is 9.85. The number of ether oxygens (including phenoxy) is 1. The van der Waals surface area contributed by atoms with Crippen molar-refractivity contribution in [2.75, 3.05) is 17.9 Å². The van der Waals surface area contributed by atoms with E-state index in [1.54, 1.807) is 12.1 Å². The van der Waals surface area contributed by atoms with Crippen LogP contribution in [-0.2, 0) is 10.0 Å². The lowest BCUT2D eigenvalue weighted by Gasteiger charge is -2.45. The van der Waals surface area contributed by atoms with Gasteiger partial charge in [-0.05, 0) is 36.9 Å². The van der Waals surface area contributed by atoms with Crippen LogP contribution >= 0.6 is 11.5 Å². The quantitative estimate of drug-likeness (QED) is 0.585. The summed E-state index contributed by atoms with van der Waals surface area (Å²) >= 11 is 1.00. The van der Waals surface area contributed by atoms with Crippen molar-refractivity contribution in [3.63, 3.8) is 0 Å². The van der Waals surface area contributed by atoms with Crippen LogP contribution < -0.4 is 9.46 Å². The average molecular weight is 471 g/mol. The maximum Gasteiger partial charge on any atom is 0.263 e. The van der Waals surface area contributed by atoms with E-state index < -0.39 is 10.0 Å². The second kappa shape index (κ2) is 8.80. The van der Waals surface area contributed by atoms with Gasteiger partial charge in [-0.3, -0.25) is 9.62 Å². The molecule has 2 aliphatic heterocycles. The molecular weight excluding hydrogens is 444 g/mol. The van der Waals surface area contributed by atoms with E-state index in [1.165, 1.54) is 11.9 Å². The maximum atomic E-state index is 12.8. The first-order valence-corrected chi connectivity index (χ1v) is 13.1. The third-order valence-electron chi connectivity index (χ3n) is 6.38. The Kier molecular flexibility index (Phi) is 5.88. The highest BCUT2D eigenvalue weighted by atomic mass is 32.2. The summed E-state index contributed by atoms with van der Waals surface area (Å²) in [5.74, 6) is 1.32. The fourth-order valence-corrected chi connectivity index (χ4v) is 6.47. The molecule has 3 heterocycles. The molecule has 0 aliphatic carbocycles. The number of aromatic nitrogens is 2. The van der Waals surface area contributed by atoms with Crippen molar-refractivity contribution in [3.8, 4) is 5.75 Å². The monoisotopic (exact) mass is 470 g/mol. The molecule has 3 atom stereocenters. The molecule has 1 N–H and O–H groups in total. The number of piperidine rings is 1. The Morgan fingerprint density at radius 2 is 1.97 bits per heavy atom. The van der Waals surface area contributed by atoms with E-state index in [1.807, 2.05) is 6.07 Å². The summed E-state index contributed by atoms with van der Waals surface area (Å²) in [5, 5.41) is 0.245. The minimum atomic E-state index is -3.76. The first-order chi connectivity index (χ1) is 15.5. The molecule has 1 fully saturated rings. The SMILES string of the molecule is C[C@@H]1CCN([C@H]2CCOc3cc(S(=O)(=O)Nc4ncns4)ccc32)[C@H](c2ccccc2)C1. The van der Waals surface area contributed by atoms with Crippen molar-refractivity contribution in [3.05, 3.63) is 66.0 Å². The molecule has 32 heavy (non-hydrogen) atoms. The Morgan fingerprint density at radius 3 is 2.75 bits per heavy atom. The van der Waals surface area contributed by atoms with Crippen molar-refractivity contribution in [1.82, 2.24) is 14.3 Å². The first kappa shape index (κ1) is 21.4. The Balaban J connectivity index is 1.45. The molecule has 5 rings (SSSR count). The number of anilines is 1. The van der Waals surface area contributed by atoms with Crippen molar-refractivity contribution >= 4 is 26.7 Å². The smallest absolute Gasteiger partial charge is 0.263 e. The maximum absolute atomic E-state index is 12.8. The van der Waals surface area contributed by atoms with Crippen LogP contribution in [0.15, 0.2) is 59.8 Å². The Labute approximate surface area is 192 Å². The van der Waals surface area contributed by atoms with E-state index in [0.717, 1.165) is 42.9 Å². The van der Waals surface area contributed by atoms with E-state index in [2.05, 4.69) is 56.2 Å². The number of benzene rings is 2. The van der Waals surface area contributed by atoms with Crippen molar-refractivity contribution < 1.29 is 13.2 Å². The molecule has 0 amide bonds. The van der Waals surface area contributed by atoms with Gasteiger partial charge in [0.1, 0.15) is 12.1 Å². The van der Waals surface area contributed by atoms with Crippen LogP contribution in [0.2, 0.25) is 0 Å². The van der Waals surface area contributed by atoms with Gasteiger partial charge in [-0.15, -0.1) is 0 Å². The normalized spacial score (nSPS) is 23.8. The molecule has 3 aromatic rings. The second-order valence-electron chi connectivity index (χ2n) is 8.50. The molecule has 0 unspecified atom stereocenters. The lowest BCUT2D eigenvalue weighted by Crippen LogP contribution is -2.40. The van der Waals surface area contributed by atoms with Crippen LogP contribution in [-0.4, -0.2) is 35.8 Å². The second-order valence-corrected chi connectivity index (χ2v) is 11.0. The summed E-state index contributed by atoms with van der Waals surface area (Å²) in [5.41, 5.74) is 2.40. The van der Waals surface area contributed by atoms with Gasteiger partial charge in [-0.1, -0.05) is 43.3 Å². The topological polar surface area (TPSA) is 84.4 Å². The van der Waals surface area contributed by atoms with E-state index in [-0.39, 0.29) is 16.1 Å². The summed E-state index contributed by atoms with van der Waals surface area (Å²) in [6.07, 6.45) is 4.49. The molecule has 0 saturated carbocycles. The minimum Gasteiger partial charge on any atom is -0.493 e. The highest BCUT2D eigenvalue weighted by molar-refractivity contribution is 7.93. The van der Waals surface area contributed by atoms with Gasteiger partial charge < -0.3 is 4.74 Å². The van der Waals surface area contributed by atoms with Gasteiger partial charge in [0.25, 0.3) is 10.0 Å². The molecule has 2 aliphatic rings. The first-order valence-electron chi connectivity index (χ1n) is 10.9. The number of hydrogen-bond donors (Lipinski definition) is 1. The van der Waals surface area contributed by atoms with Crippen LogP contribution in [0.1, 0.15) is 49.4 Å². The number of fused-ring (bicyclic) bond motifs is 1. The van der Waals surface area contributed by atoms with Gasteiger partial charge in [-0.25, -0.2) is 13.4 Å². The number of rotatable bonds is 5. The van der Waals surface area contributed by atoms with E-state index in [0.29, 0.717) is 24.3 Å². The zero-order chi connectivity index (χ0) is 22.1. The highest BCUT2D eigenvalue weighted by Crippen LogP contribution is 2.45. The Morgan fingerprint density at radius 1 is 1.12 bits per heavy atom. The lowest BCUT2D eigenvalue weighted by molar-refractivity contribution is 0.0488. The van der Waals surface area contributed by atoms with Crippen molar-refractivity contribution in [1.29, 1.82) is 0 Å². The van der Waals surface area contributed by atoms with E-state index in [9.17, 15) is 8.42 Å². The Bertz CT molecular complexity index is 1170. The van der Waals surface area contributed by atoms with Gasteiger partial charge in [0.05, 0.1) is 11.5 Å². The molecule has 7 nitrogen and oxygen atoms in total. The number of hydrogen-bond acceptors (Lipinski definition) is 7. The predicted molar refractivity (Wildman–Crippen MR) is 124 cm³/mol. The fourth-order valence-electron chi connectivity index (χ4n) is 4.79. The molecule has 1 saturated heterocycles. The summed E-state index contributed by atoms with van der Waals surface area (Å²) in [6, 6.07) is 16.4. The number of likely N-dealkylation sites (tertiary alicyclic amines) is 1. The zero-order valence-corrected chi connectivity index (χ0v) is 19.5. The standard InChI is InChI=1S/C23H26N4O3S2/c1-16-9-11-27(21(13-16)17-5-3-2-4-6-17)20-10-12-30-22-14-18(7-8-19(20)22)32(28,29)26-23-24-15-25-31-23/h2-8,14-16,20-21H,9-13H2,1H3,(H,24,25,26)/t16-,20+,21+/m1/s1. The number of sulfonamides is 1. The summed E-state index contributed by atoms with van der Waals surface area (Å²) in [7, 11) is -3.76. The molecule has 0 spiro atoms. The van der Waals surface area contributed by atoms with Gasteiger partial charge in [-0.2, -0.15) is 4.37 Å². The van der Waals surface area contributed by atoms with Crippen LogP contribution in [0.3, 0.4) is 0 Å². The van der Waals surface area contributed by atoms with Gasteiger partial charge >= 0.3 is 0 Å². The van der Waals surface area contributed by atoms with E-state index >= 15 is 0 Å². The van der Waals surface area contributed by atoms with Crippen molar-refractivity contribution in [2.24, 2.45) is 5.92 Å². The highest BCUT2D eigenvalue weighted by Gasteiger charge is 2.36. The van der Waals surface area contributed by atoms with Gasteiger partial charge in [0, 0.05) is 41.7 Å². The molecule has 0 bridgehead atoms.